The highest BCUT2D eigenvalue weighted by Crippen LogP contribution is 2.41. The van der Waals surface area contributed by atoms with Crippen LogP contribution in [0.15, 0.2) is 85.1 Å². The van der Waals surface area contributed by atoms with Crippen molar-refractivity contribution in [1.82, 2.24) is 19.8 Å². The molecule has 6 nitrogen and oxygen atoms in total. The van der Waals surface area contributed by atoms with Gasteiger partial charge >= 0.3 is 0 Å². The van der Waals surface area contributed by atoms with Crippen molar-refractivity contribution in [3.8, 4) is 5.69 Å². The lowest BCUT2D eigenvalue weighted by molar-refractivity contribution is -0.116. The van der Waals surface area contributed by atoms with Crippen molar-refractivity contribution >= 4 is 28.9 Å². The van der Waals surface area contributed by atoms with Gasteiger partial charge in [0.15, 0.2) is 5.11 Å². The number of nitrogens with one attached hydrogen (secondary N) is 2. The molecule has 0 bridgehead atoms. The van der Waals surface area contributed by atoms with Crippen molar-refractivity contribution in [1.29, 1.82) is 0 Å². The molecule has 1 amide bonds. The van der Waals surface area contributed by atoms with Gasteiger partial charge in [0.05, 0.1) is 17.8 Å². The van der Waals surface area contributed by atoms with Gasteiger partial charge in [-0.15, -0.1) is 0 Å². The molecule has 1 aliphatic rings. The second kappa shape index (κ2) is 10.6. The standard InChI is InChI=1S/C30H31N5OS/c1-20-10-9-13-24(18-20)35-21(2)19-25(22(35)3)29-28(26-14-7-8-16-31-26)33-30(37)34(29)17-15-27(36)32-23-11-5-4-6-12-23/h4-14,16,18-19,28-29H,15,17H2,1-3H3,(H,32,36)(H,33,37)/t28-,29-/m0/s1. The number of amides is 1. The van der Waals surface area contributed by atoms with Gasteiger partial charge in [-0.3, -0.25) is 9.78 Å². The second-order valence-electron chi connectivity index (χ2n) is 9.49. The number of carbonyl (C=O) groups is 1. The highest BCUT2D eigenvalue weighted by Gasteiger charge is 2.41. The zero-order valence-corrected chi connectivity index (χ0v) is 22.1. The highest BCUT2D eigenvalue weighted by atomic mass is 32.1. The van der Waals surface area contributed by atoms with Crippen molar-refractivity contribution in [2.75, 3.05) is 11.9 Å². The Morgan fingerprint density at radius 1 is 1.00 bits per heavy atom. The number of benzene rings is 2. The number of para-hydroxylation sites is 1. The van der Waals surface area contributed by atoms with E-state index >= 15 is 0 Å². The maximum absolute atomic E-state index is 12.8. The van der Waals surface area contributed by atoms with Gasteiger partial charge in [-0.2, -0.15) is 0 Å². The molecule has 0 unspecified atom stereocenters. The fourth-order valence-corrected chi connectivity index (χ4v) is 5.54. The molecule has 2 aromatic heterocycles. The zero-order valence-electron chi connectivity index (χ0n) is 21.3. The van der Waals surface area contributed by atoms with E-state index in [9.17, 15) is 4.79 Å². The van der Waals surface area contributed by atoms with Crippen molar-refractivity contribution in [2.45, 2.75) is 39.3 Å². The summed E-state index contributed by atoms with van der Waals surface area (Å²) >= 11 is 5.82. The molecule has 1 aliphatic heterocycles. The molecular formula is C30H31N5OS. The maximum Gasteiger partial charge on any atom is 0.226 e. The molecule has 2 N–H and O–H groups in total. The molecular weight excluding hydrogens is 478 g/mol. The molecule has 0 spiro atoms. The number of carbonyl (C=O) groups excluding carboxylic acids is 1. The van der Waals surface area contributed by atoms with Crippen LogP contribution in [0.3, 0.4) is 0 Å². The summed E-state index contributed by atoms with van der Waals surface area (Å²) in [6.07, 6.45) is 2.13. The minimum Gasteiger partial charge on any atom is -0.352 e. The van der Waals surface area contributed by atoms with Crippen LogP contribution in [0.1, 0.15) is 46.7 Å². The molecule has 0 radical (unpaired) electrons. The third kappa shape index (κ3) is 5.13. The molecule has 4 aromatic rings. The quantitative estimate of drug-likeness (QED) is 0.309. The Morgan fingerprint density at radius 3 is 2.51 bits per heavy atom. The number of thiocarbonyl (C=S) groups is 1. The van der Waals surface area contributed by atoms with Gasteiger partial charge in [0.25, 0.3) is 0 Å². The molecule has 7 heteroatoms. The van der Waals surface area contributed by atoms with Gasteiger partial charge in [-0.25, -0.2) is 0 Å². The number of aryl methyl sites for hydroxylation is 2. The van der Waals surface area contributed by atoms with Crippen LogP contribution >= 0.6 is 12.2 Å². The largest absolute Gasteiger partial charge is 0.352 e. The smallest absolute Gasteiger partial charge is 0.226 e. The van der Waals surface area contributed by atoms with Gasteiger partial charge in [-0.1, -0.05) is 36.4 Å². The Labute approximate surface area is 223 Å². The first-order chi connectivity index (χ1) is 17.9. The summed E-state index contributed by atoms with van der Waals surface area (Å²) in [7, 11) is 0. The Kier molecular flexibility index (Phi) is 7.06. The van der Waals surface area contributed by atoms with Crippen LogP contribution in [0, 0.1) is 20.8 Å². The summed E-state index contributed by atoms with van der Waals surface area (Å²) in [5, 5.41) is 7.12. The fraction of sp³-hybridized carbons (Fsp3) is 0.233. The number of aromatic nitrogens is 2. The molecule has 1 saturated heterocycles. The maximum atomic E-state index is 12.8. The van der Waals surface area contributed by atoms with E-state index in [1.54, 1.807) is 0 Å². The third-order valence-electron chi connectivity index (χ3n) is 6.88. The molecule has 3 heterocycles. The summed E-state index contributed by atoms with van der Waals surface area (Å²) in [6, 6.07) is 26.0. The number of nitrogens with zero attached hydrogens (tertiary/aromatic N) is 3. The fourth-order valence-electron chi connectivity index (χ4n) is 5.20. The van der Waals surface area contributed by atoms with Crippen LogP contribution in [0.4, 0.5) is 5.69 Å². The first-order valence-corrected chi connectivity index (χ1v) is 12.9. The lowest BCUT2D eigenvalue weighted by Crippen LogP contribution is -2.32. The van der Waals surface area contributed by atoms with E-state index in [0.29, 0.717) is 18.1 Å². The van der Waals surface area contributed by atoms with Crippen molar-refractivity contribution in [3.63, 3.8) is 0 Å². The number of rotatable bonds is 7. The number of anilines is 1. The topological polar surface area (TPSA) is 62.2 Å². The van der Waals surface area contributed by atoms with Gasteiger partial charge in [-0.05, 0) is 86.6 Å². The van der Waals surface area contributed by atoms with Crippen LogP contribution in [-0.2, 0) is 4.79 Å². The van der Waals surface area contributed by atoms with Gasteiger partial charge in [0, 0.05) is 41.9 Å². The molecule has 0 aliphatic carbocycles. The Morgan fingerprint density at radius 2 is 1.78 bits per heavy atom. The second-order valence-corrected chi connectivity index (χ2v) is 9.87. The summed E-state index contributed by atoms with van der Waals surface area (Å²) in [6.45, 7) is 6.89. The van der Waals surface area contributed by atoms with E-state index in [1.165, 1.54) is 11.1 Å². The lowest BCUT2D eigenvalue weighted by atomic mass is 9.96. The Hall–Kier alpha value is -3.97. The van der Waals surface area contributed by atoms with Crippen molar-refractivity contribution < 1.29 is 4.79 Å². The SMILES string of the molecule is Cc1cccc(-n2c(C)cc([C@H]3[C@H](c4ccccn4)NC(=S)N3CCC(=O)Nc3ccccc3)c2C)c1. The molecule has 37 heavy (non-hydrogen) atoms. The van der Waals surface area contributed by atoms with E-state index in [1.807, 2.05) is 54.7 Å². The van der Waals surface area contributed by atoms with E-state index in [4.69, 9.17) is 12.2 Å². The van der Waals surface area contributed by atoms with E-state index < -0.39 is 0 Å². The molecule has 2 aromatic carbocycles. The summed E-state index contributed by atoms with van der Waals surface area (Å²) < 4.78 is 2.29. The minimum atomic E-state index is -0.127. The van der Waals surface area contributed by atoms with Gasteiger partial charge < -0.3 is 20.1 Å². The average Bonchev–Trinajstić information content (AvgIpc) is 3.38. The van der Waals surface area contributed by atoms with Crippen LogP contribution in [-0.4, -0.2) is 32.0 Å². The predicted octanol–water partition coefficient (Wildman–Crippen LogP) is 5.80. The molecule has 0 saturated carbocycles. The summed E-state index contributed by atoms with van der Waals surface area (Å²) in [4.78, 5) is 19.6. The minimum absolute atomic E-state index is 0.0423. The number of hydrogen-bond donors (Lipinski definition) is 2. The van der Waals surface area contributed by atoms with Crippen molar-refractivity contribution in [3.05, 3.63) is 113 Å². The summed E-state index contributed by atoms with van der Waals surface area (Å²) in [5.74, 6) is -0.0423. The average molecular weight is 510 g/mol. The number of pyridine rings is 1. The van der Waals surface area contributed by atoms with Crippen LogP contribution in [0.5, 0.6) is 0 Å². The predicted molar refractivity (Wildman–Crippen MR) is 152 cm³/mol. The first kappa shape index (κ1) is 24.7. The molecule has 5 rings (SSSR count). The van der Waals surface area contributed by atoms with Crippen LogP contribution in [0.25, 0.3) is 5.69 Å². The van der Waals surface area contributed by atoms with Crippen LogP contribution in [0.2, 0.25) is 0 Å². The van der Waals surface area contributed by atoms with E-state index in [0.717, 1.165) is 28.5 Å². The van der Waals surface area contributed by atoms with Crippen LogP contribution < -0.4 is 10.6 Å². The van der Waals surface area contributed by atoms with Crippen molar-refractivity contribution in [2.24, 2.45) is 0 Å². The first-order valence-electron chi connectivity index (χ1n) is 12.5. The van der Waals surface area contributed by atoms with E-state index in [2.05, 4.69) is 76.2 Å². The Balaban J connectivity index is 1.48. The number of hydrogen-bond acceptors (Lipinski definition) is 3. The normalized spacial score (nSPS) is 17.1. The molecule has 188 valence electrons. The summed E-state index contributed by atoms with van der Waals surface area (Å²) in [5.41, 5.74) is 7.54. The third-order valence-corrected chi connectivity index (χ3v) is 7.24. The molecule has 2 atom stereocenters. The van der Waals surface area contributed by atoms with E-state index in [-0.39, 0.29) is 18.0 Å². The lowest BCUT2D eigenvalue weighted by Gasteiger charge is -2.28. The molecule has 1 fully saturated rings. The highest BCUT2D eigenvalue weighted by molar-refractivity contribution is 7.80. The van der Waals surface area contributed by atoms with Gasteiger partial charge in [0.2, 0.25) is 5.91 Å². The monoisotopic (exact) mass is 509 g/mol. The Bertz CT molecular complexity index is 1420. The van der Waals surface area contributed by atoms with Gasteiger partial charge in [0.1, 0.15) is 0 Å². The zero-order chi connectivity index (χ0) is 25.9.